The van der Waals surface area contributed by atoms with E-state index in [2.05, 4.69) is 60.7 Å². The maximum absolute atomic E-state index is 6.50. The van der Waals surface area contributed by atoms with Gasteiger partial charge in [0.25, 0.3) is 0 Å². The molecule has 3 aromatic carbocycles. The number of rotatable bonds is 4. The van der Waals surface area contributed by atoms with Crippen molar-refractivity contribution in [2.24, 2.45) is 5.73 Å². The van der Waals surface area contributed by atoms with Crippen molar-refractivity contribution in [2.75, 3.05) is 0 Å². The van der Waals surface area contributed by atoms with E-state index < -0.39 is 0 Å². The molecule has 0 unspecified atom stereocenters. The molecule has 0 saturated carbocycles. The largest absolute Gasteiger partial charge is 0.322 e. The Labute approximate surface area is 148 Å². The molecule has 0 radical (unpaired) electrons. The molecule has 1 aromatic heterocycles. The zero-order valence-corrected chi connectivity index (χ0v) is 14.0. The monoisotopic (exact) mass is 324 g/mol. The Bertz CT molecular complexity index is 979. The van der Waals surface area contributed by atoms with Crippen LogP contribution in [-0.2, 0) is 6.42 Å². The first kappa shape index (κ1) is 15.6. The highest BCUT2D eigenvalue weighted by Gasteiger charge is 2.13. The topological polar surface area (TPSA) is 38.9 Å². The van der Waals surface area contributed by atoms with Crippen LogP contribution >= 0.6 is 0 Å². The first-order valence-corrected chi connectivity index (χ1v) is 8.56. The molecule has 122 valence electrons. The first-order valence-electron chi connectivity index (χ1n) is 8.56. The van der Waals surface area contributed by atoms with E-state index in [4.69, 9.17) is 10.7 Å². The van der Waals surface area contributed by atoms with Gasteiger partial charge in [0.2, 0.25) is 0 Å². The van der Waals surface area contributed by atoms with Crippen molar-refractivity contribution in [1.29, 1.82) is 0 Å². The highest BCUT2D eigenvalue weighted by molar-refractivity contribution is 5.94. The number of nitrogens with two attached hydrogens (primary N) is 1. The average molecular weight is 324 g/mol. The smallest absolute Gasteiger partial charge is 0.0712 e. The number of hydrogen-bond donors (Lipinski definition) is 1. The lowest BCUT2D eigenvalue weighted by Crippen LogP contribution is -2.15. The van der Waals surface area contributed by atoms with Crippen molar-refractivity contribution in [2.45, 2.75) is 12.5 Å². The summed E-state index contributed by atoms with van der Waals surface area (Å²) in [6, 6.07) is 31.0. The molecule has 0 aliphatic rings. The number of aromatic nitrogens is 1. The maximum Gasteiger partial charge on any atom is 0.0712 e. The summed E-state index contributed by atoms with van der Waals surface area (Å²) in [5, 5.41) is 1.16. The van der Waals surface area contributed by atoms with Gasteiger partial charge in [-0.05, 0) is 35.2 Å². The fourth-order valence-corrected chi connectivity index (χ4v) is 3.21. The van der Waals surface area contributed by atoms with Gasteiger partial charge in [-0.25, -0.2) is 0 Å². The molecular formula is C23H20N2. The van der Waals surface area contributed by atoms with E-state index in [0.29, 0.717) is 0 Å². The van der Waals surface area contributed by atoms with E-state index in [0.717, 1.165) is 23.0 Å². The molecule has 0 bridgehead atoms. The van der Waals surface area contributed by atoms with E-state index in [1.165, 1.54) is 16.7 Å². The molecule has 1 heterocycles. The highest BCUT2D eigenvalue weighted by atomic mass is 14.8. The predicted octanol–water partition coefficient (Wildman–Crippen LogP) is 5.14. The summed E-state index contributed by atoms with van der Waals surface area (Å²) in [5.74, 6) is 0. The number of hydrogen-bond acceptors (Lipinski definition) is 2. The van der Waals surface area contributed by atoms with E-state index in [-0.39, 0.29) is 6.04 Å². The normalized spacial score (nSPS) is 12.2. The fraction of sp³-hybridized carbons (Fsp3) is 0.0870. The highest BCUT2D eigenvalue weighted by Crippen LogP contribution is 2.30. The van der Waals surface area contributed by atoms with Crippen molar-refractivity contribution >= 4 is 10.9 Å². The molecule has 0 fully saturated rings. The molecule has 1 atom stereocenters. The van der Waals surface area contributed by atoms with Crippen LogP contribution in [0.25, 0.3) is 22.0 Å². The third kappa shape index (κ3) is 3.30. The van der Waals surface area contributed by atoms with Crippen molar-refractivity contribution in [3.8, 4) is 11.1 Å². The standard InChI is InChI=1S/C23H20N2/c24-21(15-17-9-3-1-4-10-17)23-16-20(18-11-5-2-6-12-18)19-13-7-8-14-22(19)25-23/h1-14,16,21H,15,24H2/t21-/m0/s1. The minimum Gasteiger partial charge on any atom is -0.322 e. The fourth-order valence-electron chi connectivity index (χ4n) is 3.21. The summed E-state index contributed by atoms with van der Waals surface area (Å²) in [7, 11) is 0. The number of para-hydroxylation sites is 1. The van der Waals surface area contributed by atoms with E-state index >= 15 is 0 Å². The van der Waals surface area contributed by atoms with Crippen LogP contribution < -0.4 is 5.73 Å². The summed E-state index contributed by atoms with van der Waals surface area (Å²) in [5.41, 5.74) is 12.0. The maximum atomic E-state index is 6.50. The van der Waals surface area contributed by atoms with Gasteiger partial charge in [-0.2, -0.15) is 0 Å². The summed E-state index contributed by atoms with van der Waals surface area (Å²) < 4.78 is 0. The van der Waals surface area contributed by atoms with Gasteiger partial charge < -0.3 is 5.73 Å². The molecule has 4 rings (SSSR count). The Morgan fingerprint density at radius 1 is 0.760 bits per heavy atom. The molecule has 2 nitrogen and oxygen atoms in total. The quantitative estimate of drug-likeness (QED) is 0.564. The van der Waals surface area contributed by atoms with Crippen LogP contribution in [0, 0.1) is 0 Å². The van der Waals surface area contributed by atoms with Crippen LogP contribution in [0.1, 0.15) is 17.3 Å². The van der Waals surface area contributed by atoms with Crippen LogP contribution in [-0.4, -0.2) is 4.98 Å². The Balaban J connectivity index is 1.80. The van der Waals surface area contributed by atoms with Crippen LogP contribution in [0.4, 0.5) is 0 Å². The second-order valence-corrected chi connectivity index (χ2v) is 6.27. The van der Waals surface area contributed by atoms with E-state index in [1.807, 2.05) is 30.3 Å². The third-order valence-electron chi connectivity index (χ3n) is 4.50. The van der Waals surface area contributed by atoms with Gasteiger partial charge in [0.15, 0.2) is 0 Å². The average Bonchev–Trinajstić information content (AvgIpc) is 2.68. The summed E-state index contributed by atoms with van der Waals surface area (Å²) >= 11 is 0. The Kier molecular flexibility index (Phi) is 4.28. The molecule has 0 aliphatic carbocycles. The molecule has 2 N–H and O–H groups in total. The predicted molar refractivity (Wildman–Crippen MR) is 104 cm³/mol. The van der Waals surface area contributed by atoms with Crippen LogP contribution in [0.3, 0.4) is 0 Å². The molecule has 25 heavy (non-hydrogen) atoms. The second-order valence-electron chi connectivity index (χ2n) is 6.27. The third-order valence-corrected chi connectivity index (χ3v) is 4.50. The number of benzene rings is 3. The Morgan fingerprint density at radius 2 is 1.40 bits per heavy atom. The zero-order valence-electron chi connectivity index (χ0n) is 14.0. The Morgan fingerprint density at radius 3 is 2.16 bits per heavy atom. The number of fused-ring (bicyclic) bond motifs is 1. The second kappa shape index (κ2) is 6.88. The van der Waals surface area contributed by atoms with Crippen molar-refractivity contribution < 1.29 is 0 Å². The van der Waals surface area contributed by atoms with Crippen molar-refractivity contribution in [3.05, 3.63) is 102 Å². The van der Waals surface area contributed by atoms with Gasteiger partial charge in [-0.1, -0.05) is 78.9 Å². The minimum absolute atomic E-state index is 0.130. The van der Waals surface area contributed by atoms with Gasteiger partial charge >= 0.3 is 0 Å². The van der Waals surface area contributed by atoms with Gasteiger partial charge in [0, 0.05) is 5.39 Å². The van der Waals surface area contributed by atoms with Gasteiger partial charge in [-0.15, -0.1) is 0 Å². The molecule has 0 spiro atoms. The first-order chi connectivity index (χ1) is 12.3. The molecule has 0 aliphatic heterocycles. The Hall–Kier alpha value is -2.97. The van der Waals surface area contributed by atoms with Crippen molar-refractivity contribution in [1.82, 2.24) is 4.98 Å². The van der Waals surface area contributed by atoms with E-state index in [1.54, 1.807) is 0 Å². The lowest BCUT2D eigenvalue weighted by molar-refractivity contribution is 0.700. The lowest BCUT2D eigenvalue weighted by Gasteiger charge is -2.15. The van der Waals surface area contributed by atoms with Gasteiger partial charge in [0.05, 0.1) is 17.3 Å². The number of pyridine rings is 1. The van der Waals surface area contributed by atoms with Crippen LogP contribution in [0.15, 0.2) is 91.0 Å². The van der Waals surface area contributed by atoms with Crippen LogP contribution in [0.2, 0.25) is 0 Å². The van der Waals surface area contributed by atoms with Crippen LogP contribution in [0.5, 0.6) is 0 Å². The summed E-state index contributed by atoms with van der Waals surface area (Å²) in [6.45, 7) is 0. The van der Waals surface area contributed by atoms with Gasteiger partial charge in [-0.3, -0.25) is 4.98 Å². The lowest BCUT2D eigenvalue weighted by atomic mass is 9.97. The summed E-state index contributed by atoms with van der Waals surface area (Å²) in [6.07, 6.45) is 0.778. The minimum atomic E-state index is -0.130. The molecule has 4 aromatic rings. The molecule has 2 heteroatoms. The molecule has 0 saturated heterocycles. The molecule has 0 amide bonds. The SMILES string of the molecule is N[C@@H](Cc1ccccc1)c1cc(-c2ccccc2)c2ccccc2n1. The van der Waals surface area contributed by atoms with Crippen molar-refractivity contribution in [3.63, 3.8) is 0 Å². The molecular weight excluding hydrogens is 304 g/mol. The van der Waals surface area contributed by atoms with E-state index in [9.17, 15) is 0 Å². The van der Waals surface area contributed by atoms with Gasteiger partial charge in [0.1, 0.15) is 0 Å². The number of nitrogens with zero attached hydrogens (tertiary/aromatic N) is 1. The summed E-state index contributed by atoms with van der Waals surface area (Å²) in [4.78, 5) is 4.83. The zero-order chi connectivity index (χ0) is 17.1.